The van der Waals surface area contributed by atoms with Gasteiger partial charge in [-0.15, -0.1) is 0 Å². The average Bonchev–Trinajstić information content (AvgIpc) is 3.22. The number of benzene rings is 1. The molecule has 2 aliphatic rings. The van der Waals surface area contributed by atoms with Gasteiger partial charge in [-0.25, -0.2) is 0 Å². The van der Waals surface area contributed by atoms with Gasteiger partial charge in [0.2, 0.25) is 11.8 Å². The molecule has 0 radical (unpaired) electrons. The van der Waals surface area contributed by atoms with Crippen molar-refractivity contribution < 1.29 is 9.59 Å². The third kappa shape index (κ3) is 2.94. The second-order valence-electron chi connectivity index (χ2n) is 6.66. The molecule has 4 nitrogen and oxygen atoms in total. The molecule has 0 spiro atoms. The smallest absolute Gasteiger partial charge is 0.226 e. The summed E-state index contributed by atoms with van der Waals surface area (Å²) in [6.07, 6.45) is 2.54. The van der Waals surface area contributed by atoms with E-state index in [2.05, 4.69) is 5.32 Å². The number of rotatable bonds is 4. The zero-order valence-corrected chi connectivity index (χ0v) is 12.6. The highest BCUT2D eigenvalue weighted by atomic mass is 16.2. The summed E-state index contributed by atoms with van der Waals surface area (Å²) in [5.41, 5.74) is 0.649. The molecule has 1 unspecified atom stereocenters. The van der Waals surface area contributed by atoms with Gasteiger partial charge in [0.25, 0.3) is 0 Å². The molecule has 2 amide bonds. The molecule has 1 heterocycles. The fourth-order valence-corrected chi connectivity index (χ4v) is 2.98. The number of likely N-dealkylation sites (tertiary alicyclic amines) is 1. The number of hydrogen-bond donors (Lipinski definition) is 1. The standard InChI is InChI=1S/C17H22N2O2/c1-17(2,13-6-4-3-5-7-13)18-16(21)12-10-15(20)19(11-12)14-8-9-14/h3-7,12,14H,8-11H2,1-2H3,(H,18,21). The molecule has 21 heavy (non-hydrogen) atoms. The Hall–Kier alpha value is -1.84. The number of hydrogen-bond acceptors (Lipinski definition) is 2. The Morgan fingerprint density at radius 3 is 2.52 bits per heavy atom. The molecule has 0 bridgehead atoms. The van der Waals surface area contributed by atoms with Crippen LogP contribution in [-0.2, 0) is 15.1 Å². The lowest BCUT2D eigenvalue weighted by Crippen LogP contribution is -2.44. The van der Waals surface area contributed by atoms with Crippen LogP contribution >= 0.6 is 0 Å². The normalized spacial score (nSPS) is 22.5. The Morgan fingerprint density at radius 2 is 1.90 bits per heavy atom. The van der Waals surface area contributed by atoms with Crippen molar-refractivity contribution in [3.8, 4) is 0 Å². The van der Waals surface area contributed by atoms with E-state index in [1.54, 1.807) is 0 Å². The topological polar surface area (TPSA) is 49.4 Å². The van der Waals surface area contributed by atoms with Crippen LogP contribution in [0.2, 0.25) is 0 Å². The third-order valence-electron chi connectivity index (χ3n) is 4.45. The first-order chi connectivity index (χ1) is 9.97. The lowest BCUT2D eigenvalue weighted by molar-refractivity contribution is -0.129. The van der Waals surface area contributed by atoms with Gasteiger partial charge >= 0.3 is 0 Å². The van der Waals surface area contributed by atoms with Crippen LogP contribution in [0, 0.1) is 5.92 Å². The summed E-state index contributed by atoms with van der Waals surface area (Å²) < 4.78 is 0. The lowest BCUT2D eigenvalue weighted by atomic mass is 9.93. The van der Waals surface area contributed by atoms with Gasteiger partial charge in [-0.2, -0.15) is 0 Å². The SMILES string of the molecule is CC(C)(NC(=O)C1CC(=O)N(C2CC2)C1)c1ccccc1. The number of nitrogens with one attached hydrogen (secondary N) is 1. The molecule has 2 fully saturated rings. The van der Waals surface area contributed by atoms with Gasteiger partial charge in [-0.05, 0) is 32.3 Å². The molecule has 3 rings (SSSR count). The maximum atomic E-state index is 12.5. The molecule has 0 aromatic heterocycles. The largest absolute Gasteiger partial charge is 0.347 e. The fraction of sp³-hybridized carbons (Fsp3) is 0.529. The van der Waals surface area contributed by atoms with E-state index in [0.717, 1.165) is 18.4 Å². The highest BCUT2D eigenvalue weighted by Crippen LogP contribution is 2.33. The molecule has 1 atom stereocenters. The van der Waals surface area contributed by atoms with Crippen LogP contribution in [0.1, 0.15) is 38.7 Å². The minimum atomic E-state index is -0.422. The van der Waals surface area contributed by atoms with Crippen molar-refractivity contribution in [2.75, 3.05) is 6.54 Å². The highest BCUT2D eigenvalue weighted by Gasteiger charge is 2.42. The van der Waals surface area contributed by atoms with E-state index in [0.29, 0.717) is 19.0 Å². The van der Waals surface area contributed by atoms with E-state index in [4.69, 9.17) is 0 Å². The van der Waals surface area contributed by atoms with E-state index in [1.807, 2.05) is 49.1 Å². The zero-order valence-electron chi connectivity index (χ0n) is 12.6. The van der Waals surface area contributed by atoms with Gasteiger partial charge in [-0.3, -0.25) is 9.59 Å². The van der Waals surface area contributed by atoms with Crippen molar-refractivity contribution in [2.45, 2.75) is 44.7 Å². The van der Waals surface area contributed by atoms with Gasteiger partial charge in [0.15, 0.2) is 0 Å². The van der Waals surface area contributed by atoms with Gasteiger partial charge in [0.1, 0.15) is 0 Å². The number of amides is 2. The van der Waals surface area contributed by atoms with Crippen molar-refractivity contribution >= 4 is 11.8 Å². The first-order valence-electron chi connectivity index (χ1n) is 7.64. The van der Waals surface area contributed by atoms with Gasteiger partial charge < -0.3 is 10.2 Å². The molecular formula is C17H22N2O2. The molecular weight excluding hydrogens is 264 g/mol. The molecule has 4 heteroatoms. The van der Waals surface area contributed by atoms with E-state index < -0.39 is 5.54 Å². The maximum Gasteiger partial charge on any atom is 0.226 e. The Labute approximate surface area is 125 Å². The number of carbonyl (C=O) groups excluding carboxylic acids is 2. The predicted octanol–water partition coefficient (Wildman–Crippen LogP) is 2.05. The van der Waals surface area contributed by atoms with E-state index in [9.17, 15) is 9.59 Å². The summed E-state index contributed by atoms with van der Waals surface area (Å²) in [6, 6.07) is 10.3. The second-order valence-corrected chi connectivity index (χ2v) is 6.66. The summed E-state index contributed by atoms with van der Waals surface area (Å²) in [5, 5.41) is 3.10. The quantitative estimate of drug-likeness (QED) is 0.921. The fourth-order valence-electron chi connectivity index (χ4n) is 2.98. The molecule has 1 aromatic rings. The summed E-state index contributed by atoms with van der Waals surface area (Å²) >= 11 is 0. The van der Waals surface area contributed by atoms with Gasteiger partial charge in [0.05, 0.1) is 11.5 Å². The first-order valence-corrected chi connectivity index (χ1v) is 7.64. The minimum absolute atomic E-state index is 0.0136. The third-order valence-corrected chi connectivity index (χ3v) is 4.45. The Bertz CT molecular complexity index is 549. The van der Waals surface area contributed by atoms with Crippen LogP contribution in [0.5, 0.6) is 0 Å². The second kappa shape index (κ2) is 5.17. The van der Waals surface area contributed by atoms with Gasteiger partial charge in [0, 0.05) is 19.0 Å². The molecule has 1 N–H and O–H groups in total. The van der Waals surface area contributed by atoms with Crippen LogP contribution in [0.15, 0.2) is 30.3 Å². The summed E-state index contributed by atoms with van der Waals surface area (Å²) in [4.78, 5) is 26.3. The molecule has 1 aliphatic heterocycles. The minimum Gasteiger partial charge on any atom is -0.347 e. The van der Waals surface area contributed by atoms with Crippen LogP contribution in [-0.4, -0.2) is 29.3 Å². The first kappa shape index (κ1) is 14.1. The summed E-state index contributed by atoms with van der Waals surface area (Å²) in [6.45, 7) is 4.57. The molecule has 1 aliphatic carbocycles. The highest BCUT2D eigenvalue weighted by molar-refractivity contribution is 5.89. The van der Waals surface area contributed by atoms with Crippen molar-refractivity contribution in [1.29, 1.82) is 0 Å². The van der Waals surface area contributed by atoms with Crippen molar-refractivity contribution in [3.05, 3.63) is 35.9 Å². The molecule has 1 saturated carbocycles. The van der Waals surface area contributed by atoms with Crippen LogP contribution in [0.4, 0.5) is 0 Å². The Balaban J connectivity index is 1.65. The van der Waals surface area contributed by atoms with Gasteiger partial charge in [-0.1, -0.05) is 30.3 Å². The number of nitrogens with zero attached hydrogens (tertiary/aromatic N) is 1. The van der Waals surface area contributed by atoms with Crippen LogP contribution in [0.25, 0.3) is 0 Å². The zero-order chi connectivity index (χ0) is 15.0. The monoisotopic (exact) mass is 286 g/mol. The lowest BCUT2D eigenvalue weighted by Gasteiger charge is -2.28. The molecule has 1 aromatic carbocycles. The molecule has 112 valence electrons. The number of carbonyl (C=O) groups is 2. The van der Waals surface area contributed by atoms with E-state index in [1.165, 1.54) is 0 Å². The average molecular weight is 286 g/mol. The maximum absolute atomic E-state index is 12.5. The van der Waals surface area contributed by atoms with Crippen LogP contribution in [0.3, 0.4) is 0 Å². The Kier molecular flexibility index (Phi) is 3.47. The van der Waals surface area contributed by atoms with Crippen molar-refractivity contribution in [3.63, 3.8) is 0 Å². The predicted molar refractivity (Wildman–Crippen MR) is 80.5 cm³/mol. The van der Waals surface area contributed by atoms with Crippen LogP contribution < -0.4 is 5.32 Å². The van der Waals surface area contributed by atoms with Crippen molar-refractivity contribution in [2.24, 2.45) is 5.92 Å². The summed E-state index contributed by atoms with van der Waals surface area (Å²) in [5.74, 6) is -0.0865. The van der Waals surface area contributed by atoms with E-state index in [-0.39, 0.29) is 17.7 Å². The van der Waals surface area contributed by atoms with Crippen molar-refractivity contribution in [1.82, 2.24) is 10.2 Å². The van der Waals surface area contributed by atoms with E-state index >= 15 is 0 Å². The Morgan fingerprint density at radius 1 is 1.24 bits per heavy atom. The molecule has 1 saturated heterocycles. The summed E-state index contributed by atoms with van der Waals surface area (Å²) in [7, 11) is 0.